The molecule has 1 aliphatic rings. The van der Waals surface area contributed by atoms with Crippen LogP contribution in [0.25, 0.3) is 0 Å². The molecule has 1 saturated heterocycles. The summed E-state index contributed by atoms with van der Waals surface area (Å²) in [5, 5.41) is 3.71. The van der Waals surface area contributed by atoms with Gasteiger partial charge in [-0.1, -0.05) is 29.8 Å². The molecule has 6 nitrogen and oxygen atoms in total. The number of hydrogen-bond acceptors (Lipinski definition) is 4. The molecule has 31 heavy (non-hydrogen) atoms. The normalized spacial score (nSPS) is 14.2. The second kappa shape index (κ2) is 11.0. The minimum Gasteiger partial charge on any atom is -0.427 e. The number of hydrogen-bond donors (Lipinski definition) is 1. The third-order valence-electron chi connectivity index (χ3n) is 5.39. The van der Waals surface area contributed by atoms with E-state index in [-0.39, 0.29) is 11.8 Å². The van der Waals surface area contributed by atoms with E-state index in [1.54, 1.807) is 24.3 Å². The first-order valence-electron chi connectivity index (χ1n) is 10.5. The van der Waals surface area contributed by atoms with Crippen LogP contribution in [0.3, 0.4) is 0 Å². The van der Waals surface area contributed by atoms with Crippen LogP contribution >= 0.6 is 11.6 Å². The first-order chi connectivity index (χ1) is 14.9. The third-order valence-corrected chi connectivity index (χ3v) is 5.64. The molecule has 3 rings (SSSR count). The summed E-state index contributed by atoms with van der Waals surface area (Å²) in [5.41, 5.74) is 1.59. The Balaban J connectivity index is 1.40. The van der Waals surface area contributed by atoms with Gasteiger partial charge in [0.1, 0.15) is 5.75 Å². The molecule has 1 aliphatic heterocycles. The van der Waals surface area contributed by atoms with E-state index in [1.807, 2.05) is 29.2 Å². The maximum Gasteiger partial charge on any atom is 0.308 e. The van der Waals surface area contributed by atoms with E-state index >= 15 is 0 Å². The SMILES string of the molecule is CC(=O)Oc1cccc(C(=O)N2CCC(CNC(=O)CCc3ccc(Cl)cc3)CC2)c1. The van der Waals surface area contributed by atoms with Gasteiger partial charge in [-0.15, -0.1) is 0 Å². The van der Waals surface area contributed by atoms with Gasteiger partial charge in [-0.05, 0) is 61.1 Å². The lowest BCUT2D eigenvalue weighted by Crippen LogP contribution is -2.41. The number of ether oxygens (including phenoxy) is 1. The molecule has 0 aliphatic carbocycles. The molecule has 0 aromatic heterocycles. The number of esters is 1. The average molecular weight is 443 g/mol. The van der Waals surface area contributed by atoms with Crippen molar-refractivity contribution in [1.82, 2.24) is 10.2 Å². The van der Waals surface area contributed by atoms with Crippen LogP contribution in [0.2, 0.25) is 5.02 Å². The quantitative estimate of drug-likeness (QED) is 0.521. The number of halogens is 1. The van der Waals surface area contributed by atoms with E-state index in [0.717, 1.165) is 18.4 Å². The summed E-state index contributed by atoms with van der Waals surface area (Å²) in [5.74, 6) is 0.279. The van der Waals surface area contributed by atoms with E-state index in [1.165, 1.54) is 6.92 Å². The maximum absolute atomic E-state index is 12.8. The Morgan fingerprint density at radius 2 is 1.81 bits per heavy atom. The fraction of sp³-hybridized carbons (Fsp3) is 0.375. The van der Waals surface area contributed by atoms with Gasteiger partial charge < -0.3 is 15.0 Å². The van der Waals surface area contributed by atoms with Crippen molar-refractivity contribution in [3.8, 4) is 5.75 Å². The predicted molar refractivity (Wildman–Crippen MR) is 119 cm³/mol. The molecule has 0 bridgehead atoms. The Morgan fingerprint density at radius 3 is 2.48 bits per heavy atom. The van der Waals surface area contributed by atoms with Crippen LogP contribution < -0.4 is 10.1 Å². The smallest absolute Gasteiger partial charge is 0.308 e. The Labute approximate surface area is 187 Å². The highest BCUT2D eigenvalue weighted by atomic mass is 35.5. The fourth-order valence-electron chi connectivity index (χ4n) is 3.64. The first kappa shape index (κ1) is 22.8. The lowest BCUT2D eigenvalue weighted by Gasteiger charge is -2.32. The highest BCUT2D eigenvalue weighted by molar-refractivity contribution is 6.30. The predicted octanol–water partition coefficient (Wildman–Crippen LogP) is 3.87. The second-order valence-electron chi connectivity index (χ2n) is 7.79. The minimum atomic E-state index is -0.416. The molecule has 0 saturated carbocycles. The summed E-state index contributed by atoms with van der Waals surface area (Å²) < 4.78 is 5.06. The van der Waals surface area contributed by atoms with Gasteiger partial charge in [0, 0.05) is 43.6 Å². The zero-order valence-corrected chi connectivity index (χ0v) is 18.4. The fourth-order valence-corrected chi connectivity index (χ4v) is 3.76. The third kappa shape index (κ3) is 7.10. The highest BCUT2D eigenvalue weighted by Crippen LogP contribution is 2.21. The van der Waals surface area contributed by atoms with E-state index in [9.17, 15) is 14.4 Å². The molecule has 0 unspecified atom stereocenters. The Hall–Kier alpha value is -2.86. The van der Waals surface area contributed by atoms with Crippen LogP contribution in [0, 0.1) is 5.92 Å². The number of aryl methyl sites for hydroxylation is 1. The van der Waals surface area contributed by atoms with Gasteiger partial charge >= 0.3 is 5.97 Å². The van der Waals surface area contributed by atoms with Crippen LogP contribution in [-0.2, 0) is 16.0 Å². The van der Waals surface area contributed by atoms with E-state index in [0.29, 0.717) is 54.7 Å². The van der Waals surface area contributed by atoms with Crippen molar-refractivity contribution in [2.45, 2.75) is 32.6 Å². The monoisotopic (exact) mass is 442 g/mol. The summed E-state index contributed by atoms with van der Waals surface area (Å²) in [6, 6.07) is 14.2. The highest BCUT2D eigenvalue weighted by Gasteiger charge is 2.24. The number of nitrogens with one attached hydrogen (secondary N) is 1. The van der Waals surface area contributed by atoms with Crippen molar-refractivity contribution < 1.29 is 19.1 Å². The zero-order valence-electron chi connectivity index (χ0n) is 17.6. The summed E-state index contributed by atoms with van der Waals surface area (Å²) in [7, 11) is 0. The van der Waals surface area contributed by atoms with Gasteiger partial charge in [0.05, 0.1) is 0 Å². The van der Waals surface area contributed by atoms with Crippen LogP contribution in [-0.4, -0.2) is 42.3 Å². The van der Waals surface area contributed by atoms with Gasteiger partial charge in [-0.25, -0.2) is 0 Å². The van der Waals surface area contributed by atoms with Crippen LogP contribution in [0.4, 0.5) is 0 Å². The van der Waals surface area contributed by atoms with Gasteiger partial charge in [-0.3, -0.25) is 14.4 Å². The standard InChI is InChI=1S/C24H27ClN2O4/c1-17(28)31-22-4-2-3-20(15-22)24(30)27-13-11-19(12-14-27)16-26-23(29)10-7-18-5-8-21(25)9-6-18/h2-6,8-9,15,19H,7,10-14,16H2,1H3,(H,26,29). The number of likely N-dealkylation sites (tertiary alicyclic amines) is 1. The summed E-state index contributed by atoms with van der Waals surface area (Å²) >= 11 is 5.88. The lowest BCUT2D eigenvalue weighted by atomic mass is 9.96. The topological polar surface area (TPSA) is 75.7 Å². The molecule has 1 fully saturated rings. The number of carbonyl (C=O) groups excluding carboxylic acids is 3. The number of benzene rings is 2. The zero-order chi connectivity index (χ0) is 22.2. The van der Waals surface area contributed by atoms with Crippen LogP contribution in [0.15, 0.2) is 48.5 Å². The van der Waals surface area contributed by atoms with Crippen molar-refractivity contribution in [2.24, 2.45) is 5.92 Å². The van der Waals surface area contributed by atoms with Gasteiger partial charge in [0.25, 0.3) is 5.91 Å². The van der Waals surface area contributed by atoms with Crippen LogP contribution in [0.1, 0.15) is 42.1 Å². The maximum atomic E-state index is 12.8. The van der Waals surface area contributed by atoms with Crippen molar-refractivity contribution in [2.75, 3.05) is 19.6 Å². The summed E-state index contributed by atoms with van der Waals surface area (Å²) in [6.45, 7) is 3.24. The van der Waals surface area contributed by atoms with E-state index in [4.69, 9.17) is 16.3 Å². The lowest BCUT2D eigenvalue weighted by molar-refractivity contribution is -0.131. The Bertz CT molecular complexity index is 921. The van der Waals surface area contributed by atoms with Crippen molar-refractivity contribution in [3.05, 3.63) is 64.7 Å². The largest absolute Gasteiger partial charge is 0.427 e. The summed E-state index contributed by atoms with van der Waals surface area (Å²) in [4.78, 5) is 37.8. The second-order valence-corrected chi connectivity index (χ2v) is 8.22. The molecular formula is C24H27ClN2O4. The van der Waals surface area contributed by atoms with Crippen LogP contribution in [0.5, 0.6) is 5.75 Å². The van der Waals surface area contributed by atoms with E-state index in [2.05, 4.69) is 5.32 Å². The molecule has 164 valence electrons. The molecular weight excluding hydrogens is 416 g/mol. The number of rotatable bonds is 7. The minimum absolute atomic E-state index is 0.0377. The molecule has 0 spiro atoms. The molecule has 1 N–H and O–H groups in total. The molecule has 2 amide bonds. The Morgan fingerprint density at radius 1 is 1.10 bits per heavy atom. The molecule has 2 aromatic carbocycles. The van der Waals surface area contributed by atoms with Crippen molar-refractivity contribution in [1.29, 1.82) is 0 Å². The molecule has 7 heteroatoms. The number of amides is 2. The van der Waals surface area contributed by atoms with Gasteiger partial charge in [0.2, 0.25) is 5.91 Å². The van der Waals surface area contributed by atoms with Crippen molar-refractivity contribution >= 4 is 29.4 Å². The molecule has 0 atom stereocenters. The molecule has 0 radical (unpaired) electrons. The summed E-state index contributed by atoms with van der Waals surface area (Å²) in [6.07, 6.45) is 2.81. The average Bonchev–Trinajstić information content (AvgIpc) is 2.77. The van der Waals surface area contributed by atoms with Gasteiger partial charge in [-0.2, -0.15) is 0 Å². The first-order valence-corrected chi connectivity index (χ1v) is 10.9. The van der Waals surface area contributed by atoms with Crippen molar-refractivity contribution in [3.63, 3.8) is 0 Å². The Kier molecular flexibility index (Phi) is 8.06. The van der Waals surface area contributed by atoms with Gasteiger partial charge in [0.15, 0.2) is 0 Å². The number of piperidine rings is 1. The number of carbonyl (C=O) groups is 3. The van der Waals surface area contributed by atoms with E-state index < -0.39 is 5.97 Å². The molecule has 2 aromatic rings. The number of nitrogens with zero attached hydrogens (tertiary/aromatic N) is 1. The molecule has 1 heterocycles.